The van der Waals surface area contributed by atoms with Gasteiger partial charge in [0.05, 0.1) is 23.3 Å². The van der Waals surface area contributed by atoms with Crippen molar-refractivity contribution in [3.05, 3.63) is 40.5 Å². The zero-order valence-electron chi connectivity index (χ0n) is 11.0. The number of aromatic nitrogens is 4. The van der Waals surface area contributed by atoms with Gasteiger partial charge in [0.15, 0.2) is 0 Å². The highest BCUT2D eigenvalue weighted by atomic mass is 16.6. The second-order valence-electron chi connectivity index (χ2n) is 4.44. The number of aliphatic hydroxyl groups excluding tert-OH is 1. The van der Waals surface area contributed by atoms with E-state index in [0.717, 1.165) is 11.9 Å². The Morgan fingerprint density at radius 3 is 3.00 bits per heavy atom. The molecule has 0 radical (unpaired) electrons. The molecule has 0 saturated carbocycles. The zero-order chi connectivity index (χ0) is 14.5. The lowest BCUT2D eigenvalue weighted by Crippen LogP contribution is -2.30. The van der Waals surface area contributed by atoms with E-state index in [9.17, 15) is 15.2 Å². The molecule has 0 aliphatic rings. The molecule has 108 valence electrons. The average Bonchev–Trinajstić information content (AvgIpc) is 2.99. The smallest absolute Gasteiger partial charge is 0.306 e. The molecule has 1 unspecified atom stereocenters. The summed E-state index contributed by atoms with van der Waals surface area (Å²) in [5.74, 6) is 0. The molecule has 2 aromatic heterocycles. The van der Waals surface area contributed by atoms with Gasteiger partial charge in [0.25, 0.3) is 0 Å². The molecule has 0 aliphatic heterocycles. The Kier molecular flexibility index (Phi) is 4.43. The van der Waals surface area contributed by atoms with Gasteiger partial charge in [-0.05, 0) is 6.07 Å². The summed E-state index contributed by atoms with van der Waals surface area (Å²) in [6, 6.07) is 1.89. The number of hydrogen-bond donors (Lipinski definition) is 2. The summed E-state index contributed by atoms with van der Waals surface area (Å²) >= 11 is 0. The molecule has 0 aliphatic carbocycles. The van der Waals surface area contributed by atoms with Gasteiger partial charge in [-0.25, -0.2) is 0 Å². The van der Waals surface area contributed by atoms with Crippen molar-refractivity contribution in [2.45, 2.75) is 19.2 Å². The fourth-order valence-corrected chi connectivity index (χ4v) is 1.75. The Morgan fingerprint density at radius 1 is 1.60 bits per heavy atom. The SMILES string of the molecule is Cn1ccc(CNCC(O)Cn2cc([N+](=O)[O-])cn2)n1. The molecule has 0 spiro atoms. The molecule has 2 N–H and O–H groups in total. The van der Waals surface area contributed by atoms with E-state index in [1.807, 2.05) is 19.3 Å². The Morgan fingerprint density at radius 2 is 2.40 bits per heavy atom. The number of rotatable bonds is 7. The summed E-state index contributed by atoms with van der Waals surface area (Å²) in [7, 11) is 1.84. The zero-order valence-corrected chi connectivity index (χ0v) is 11.0. The number of nitro groups is 1. The minimum atomic E-state index is -0.682. The highest BCUT2D eigenvalue weighted by Crippen LogP contribution is 2.07. The molecular formula is C11H16N6O3. The summed E-state index contributed by atoms with van der Waals surface area (Å²) in [5.41, 5.74) is 0.799. The molecule has 9 heteroatoms. The predicted molar refractivity (Wildman–Crippen MR) is 69.8 cm³/mol. The van der Waals surface area contributed by atoms with E-state index < -0.39 is 11.0 Å². The number of aliphatic hydroxyl groups is 1. The van der Waals surface area contributed by atoms with E-state index in [-0.39, 0.29) is 12.2 Å². The Hall–Kier alpha value is -2.26. The molecule has 0 fully saturated rings. The van der Waals surface area contributed by atoms with Crippen molar-refractivity contribution >= 4 is 5.69 Å². The van der Waals surface area contributed by atoms with Crippen molar-refractivity contribution in [2.24, 2.45) is 7.05 Å². The van der Waals surface area contributed by atoms with Crippen LogP contribution in [0.4, 0.5) is 5.69 Å². The summed E-state index contributed by atoms with van der Waals surface area (Å²) < 4.78 is 3.06. The van der Waals surface area contributed by atoms with Gasteiger partial charge < -0.3 is 10.4 Å². The van der Waals surface area contributed by atoms with E-state index in [4.69, 9.17) is 0 Å². The molecule has 2 heterocycles. The quantitative estimate of drug-likeness (QED) is 0.531. The van der Waals surface area contributed by atoms with E-state index >= 15 is 0 Å². The summed E-state index contributed by atoms with van der Waals surface area (Å²) in [4.78, 5) is 9.98. The summed E-state index contributed by atoms with van der Waals surface area (Å²) in [6.45, 7) is 1.10. The van der Waals surface area contributed by atoms with Crippen LogP contribution in [0, 0.1) is 10.1 Å². The maximum Gasteiger partial charge on any atom is 0.306 e. The van der Waals surface area contributed by atoms with Gasteiger partial charge in [0.1, 0.15) is 12.4 Å². The van der Waals surface area contributed by atoms with Crippen LogP contribution in [0.5, 0.6) is 0 Å². The van der Waals surface area contributed by atoms with Gasteiger partial charge in [-0.1, -0.05) is 0 Å². The molecule has 0 aromatic carbocycles. The lowest BCUT2D eigenvalue weighted by atomic mass is 10.3. The van der Waals surface area contributed by atoms with Crippen molar-refractivity contribution in [1.29, 1.82) is 0 Å². The largest absolute Gasteiger partial charge is 0.390 e. The second kappa shape index (κ2) is 6.26. The van der Waals surface area contributed by atoms with Crippen LogP contribution >= 0.6 is 0 Å². The average molecular weight is 280 g/mol. The normalized spacial score (nSPS) is 12.5. The van der Waals surface area contributed by atoms with Gasteiger partial charge in [0.2, 0.25) is 0 Å². The van der Waals surface area contributed by atoms with Gasteiger partial charge in [-0.15, -0.1) is 0 Å². The van der Waals surface area contributed by atoms with Crippen molar-refractivity contribution < 1.29 is 10.0 Å². The first-order valence-corrected chi connectivity index (χ1v) is 6.09. The van der Waals surface area contributed by atoms with Gasteiger partial charge in [0, 0.05) is 26.3 Å². The summed E-state index contributed by atoms with van der Waals surface area (Å²) in [6.07, 6.45) is 3.62. The van der Waals surface area contributed by atoms with Crippen LogP contribution in [-0.2, 0) is 20.1 Å². The van der Waals surface area contributed by atoms with Crippen molar-refractivity contribution in [1.82, 2.24) is 24.9 Å². The third kappa shape index (κ3) is 3.87. The fourth-order valence-electron chi connectivity index (χ4n) is 1.75. The Labute approximate surface area is 115 Å². The highest BCUT2D eigenvalue weighted by molar-refractivity contribution is 5.20. The van der Waals surface area contributed by atoms with E-state index in [0.29, 0.717) is 13.1 Å². The maximum absolute atomic E-state index is 10.5. The van der Waals surface area contributed by atoms with Crippen LogP contribution in [0.25, 0.3) is 0 Å². The standard InChI is InChI=1S/C11H16N6O3/c1-15-3-2-9(14-15)4-12-6-11(18)8-16-7-10(5-13-16)17(19)20/h2-3,5,7,11-12,18H,4,6,8H2,1H3. The first-order valence-electron chi connectivity index (χ1n) is 6.09. The van der Waals surface area contributed by atoms with Crippen LogP contribution in [0.15, 0.2) is 24.7 Å². The lowest BCUT2D eigenvalue weighted by Gasteiger charge is -2.10. The Balaban J connectivity index is 1.74. The van der Waals surface area contributed by atoms with Crippen LogP contribution in [-0.4, -0.2) is 42.2 Å². The maximum atomic E-state index is 10.5. The molecule has 0 amide bonds. The van der Waals surface area contributed by atoms with Crippen LogP contribution in [0.2, 0.25) is 0 Å². The molecule has 9 nitrogen and oxygen atoms in total. The van der Waals surface area contributed by atoms with Crippen LogP contribution < -0.4 is 5.32 Å². The van der Waals surface area contributed by atoms with E-state index in [1.165, 1.54) is 10.9 Å². The minimum Gasteiger partial charge on any atom is -0.390 e. The van der Waals surface area contributed by atoms with Crippen molar-refractivity contribution in [3.8, 4) is 0 Å². The third-order valence-corrected chi connectivity index (χ3v) is 2.68. The minimum absolute atomic E-state index is 0.0846. The van der Waals surface area contributed by atoms with Crippen molar-refractivity contribution in [3.63, 3.8) is 0 Å². The van der Waals surface area contributed by atoms with Gasteiger partial charge in [-0.2, -0.15) is 10.2 Å². The molecule has 20 heavy (non-hydrogen) atoms. The first-order chi connectivity index (χ1) is 9.54. The lowest BCUT2D eigenvalue weighted by molar-refractivity contribution is -0.385. The van der Waals surface area contributed by atoms with Gasteiger partial charge >= 0.3 is 5.69 Å². The van der Waals surface area contributed by atoms with E-state index in [2.05, 4.69) is 15.5 Å². The Bertz CT molecular complexity index is 578. The first kappa shape index (κ1) is 14.2. The number of nitrogens with one attached hydrogen (secondary N) is 1. The molecule has 0 saturated heterocycles. The van der Waals surface area contributed by atoms with Crippen LogP contribution in [0.3, 0.4) is 0 Å². The topological polar surface area (TPSA) is 111 Å². The monoisotopic (exact) mass is 280 g/mol. The third-order valence-electron chi connectivity index (χ3n) is 2.68. The second-order valence-corrected chi connectivity index (χ2v) is 4.44. The van der Waals surface area contributed by atoms with Crippen LogP contribution in [0.1, 0.15) is 5.69 Å². The fraction of sp³-hybridized carbons (Fsp3) is 0.455. The van der Waals surface area contributed by atoms with Gasteiger partial charge in [-0.3, -0.25) is 19.5 Å². The number of nitrogens with zero attached hydrogens (tertiary/aromatic N) is 5. The van der Waals surface area contributed by atoms with Crippen molar-refractivity contribution in [2.75, 3.05) is 6.54 Å². The molecular weight excluding hydrogens is 264 g/mol. The van der Waals surface area contributed by atoms with E-state index in [1.54, 1.807) is 4.68 Å². The molecule has 1 atom stereocenters. The number of hydrogen-bond acceptors (Lipinski definition) is 6. The summed E-state index contributed by atoms with van der Waals surface area (Å²) in [5, 5.41) is 31.4. The molecule has 0 bridgehead atoms. The molecule has 2 aromatic rings. The highest BCUT2D eigenvalue weighted by Gasteiger charge is 2.11. The number of aryl methyl sites for hydroxylation is 1. The molecule has 2 rings (SSSR count). The predicted octanol–water partition coefficient (Wildman–Crippen LogP) is -0.325.